The summed E-state index contributed by atoms with van der Waals surface area (Å²) in [6.45, 7) is 5.20. The summed E-state index contributed by atoms with van der Waals surface area (Å²) in [5, 5.41) is 11.5. The molecule has 1 amide bonds. The minimum absolute atomic E-state index is 0.120. The van der Waals surface area contributed by atoms with Crippen LogP contribution in [0, 0.1) is 0 Å². The van der Waals surface area contributed by atoms with E-state index in [-0.39, 0.29) is 29.5 Å². The van der Waals surface area contributed by atoms with Crippen LogP contribution in [0.25, 0.3) is 0 Å². The summed E-state index contributed by atoms with van der Waals surface area (Å²) >= 11 is 0. The smallest absolute Gasteiger partial charge is 0.251 e. The van der Waals surface area contributed by atoms with Gasteiger partial charge in [0.15, 0.2) is 0 Å². The van der Waals surface area contributed by atoms with Crippen LogP contribution in [0.5, 0.6) is 0 Å². The van der Waals surface area contributed by atoms with E-state index in [0.717, 1.165) is 0 Å². The summed E-state index contributed by atoms with van der Waals surface area (Å²) in [6, 6.07) is 5.18. The zero-order valence-corrected chi connectivity index (χ0v) is 13.3. The molecular formula is C14H22N2O4S. The van der Waals surface area contributed by atoms with E-state index in [1.165, 1.54) is 24.3 Å². The lowest BCUT2D eigenvalue weighted by atomic mass is 10.2. The molecule has 0 aromatic heterocycles. The molecular weight excluding hydrogens is 292 g/mol. The third kappa shape index (κ3) is 5.11. The molecule has 21 heavy (non-hydrogen) atoms. The Kier molecular flexibility index (Phi) is 6.32. The number of sulfonamides is 1. The van der Waals surface area contributed by atoms with Gasteiger partial charge in [-0.15, -0.1) is 0 Å². The van der Waals surface area contributed by atoms with E-state index in [2.05, 4.69) is 10.0 Å². The highest BCUT2D eigenvalue weighted by Gasteiger charge is 2.17. The second-order valence-corrected chi connectivity index (χ2v) is 6.73. The molecule has 0 unspecified atom stereocenters. The monoisotopic (exact) mass is 314 g/mol. The van der Waals surface area contributed by atoms with Gasteiger partial charge in [-0.3, -0.25) is 4.79 Å². The number of benzene rings is 1. The van der Waals surface area contributed by atoms with Crippen LogP contribution in [-0.2, 0) is 10.0 Å². The summed E-state index contributed by atoms with van der Waals surface area (Å²) in [6.07, 6.45) is 0.693. The predicted octanol–water partition coefficient (Wildman–Crippen LogP) is 0.874. The number of aliphatic hydroxyl groups is 1. The van der Waals surface area contributed by atoms with E-state index in [9.17, 15) is 13.2 Å². The van der Waals surface area contributed by atoms with Gasteiger partial charge in [-0.1, -0.05) is 6.92 Å². The Labute approximate surface area is 125 Å². The minimum atomic E-state index is -3.56. The molecule has 0 saturated heterocycles. The molecule has 1 aromatic rings. The molecule has 1 aromatic carbocycles. The molecule has 0 radical (unpaired) electrons. The van der Waals surface area contributed by atoms with Crippen molar-refractivity contribution in [3.8, 4) is 0 Å². The molecule has 0 fully saturated rings. The molecule has 0 bridgehead atoms. The maximum atomic E-state index is 12.1. The number of hydrogen-bond acceptors (Lipinski definition) is 4. The summed E-state index contributed by atoms with van der Waals surface area (Å²) in [4.78, 5) is 11.9. The number of carbonyl (C=O) groups is 1. The number of rotatable bonds is 7. The minimum Gasteiger partial charge on any atom is -0.394 e. The van der Waals surface area contributed by atoms with Gasteiger partial charge in [-0.2, -0.15) is 0 Å². The highest BCUT2D eigenvalue weighted by atomic mass is 32.2. The fourth-order valence-electron chi connectivity index (χ4n) is 1.55. The molecule has 3 N–H and O–H groups in total. The van der Waals surface area contributed by atoms with Crippen molar-refractivity contribution in [2.75, 3.05) is 6.61 Å². The van der Waals surface area contributed by atoms with E-state index >= 15 is 0 Å². The van der Waals surface area contributed by atoms with Gasteiger partial charge in [-0.25, -0.2) is 13.1 Å². The van der Waals surface area contributed by atoms with Crippen LogP contribution in [0.4, 0.5) is 0 Å². The van der Waals surface area contributed by atoms with Gasteiger partial charge in [0, 0.05) is 17.6 Å². The largest absolute Gasteiger partial charge is 0.394 e. The van der Waals surface area contributed by atoms with Crippen molar-refractivity contribution < 1.29 is 18.3 Å². The van der Waals surface area contributed by atoms with Crippen LogP contribution in [0.3, 0.4) is 0 Å². The van der Waals surface area contributed by atoms with Crippen LogP contribution < -0.4 is 10.0 Å². The Hall–Kier alpha value is -1.44. The van der Waals surface area contributed by atoms with E-state index in [1.807, 2.05) is 6.92 Å². The average molecular weight is 314 g/mol. The van der Waals surface area contributed by atoms with Gasteiger partial charge in [0.1, 0.15) is 0 Å². The number of hydrogen-bond donors (Lipinski definition) is 3. The molecule has 0 aliphatic carbocycles. The second-order valence-electron chi connectivity index (χ2n) is 5.01. The first kappa shape index (κ1) is 17.6. The standard InChI is InChI=1S/C14H22N2O4S/c1-4-10(2)16-21(19,20)13-7-5-12(6-8-13)14(18)15-11(3)9-17/h5-8,10-11,16-17H,4,9H2,1-3H3,(H,15,18)/t10-,11+/m1/s1. The Balaban J connectivity index is 2.85. The first-order chi connectivity index (χ1) is 9.80. The maximum Gasteiger partial charge on any atom is 0.251 e. The third-order valence-corrected chi connectivity index (χ3v) is 4.65. The number of amides is 1. The van der Waals surface area contributed by atoms with Crippen molar-refractivity contribution in [3.63, 3.8) is 0 Å². The molecule has 0 heterocycles. The fourth-order valence-corrected chi connectivity index (χ4v) is 2.88. The van der Waals surface area contributed by atoms with Crippen LogP contribution in [0.1, 0.15) is 37.6 Å². The molecule has 6 nitrogen and oxygen atoms in total. The highest BCUT2D eigenvalue weighted by Crippen LogP contribution is 2.12. The average Bonchev–Trinajstić information content (AvgIpc) is 2.46. The SMILES string of the molecule is CC[C@@H](C)NS(=O)(=O)c1ccc(C(=O)N[C@@H](C)CO)cc1. The van der Waals surface area contributed by atoms with Crippen molar-refractivity contribution in [1.29, 1.82) is 0 Å². The molecule has 0 aliphatic rings. The molecule has 7 heteroatoms. The maximum absolute atomic E-state index is 12.1. The number of nitrogens with one attached hydrogen (secondary N) is 2. The predicted molar refractivity (Wildman–Crippen MR) is 80.5 cm³/mol. The summed E-state index contributed by atoms with van der Waals surface area (Å²) in [5.74, 6) is -0.351. The first-order valence-electron chi connectivity index (χ1n) is 6.84. The van der Waals surface area contributed by atoms with Gasteiger partial charge in [0.2, 0.25) is 10.0 Å². The van der Waals surface area contributed by atoms with Gasteiger partial charge in [0.25, 0.3) is 5.91 Å². The quantitative estimate of drug-likeness (QED) is 0.696. The van der Waals surface area contributed by atoms with E-state index in [4.69, 9.17) is 5.11 Å². The third-order valence-electron chi connectivity index (χ3n) is 3.05. The molecule has 0 saturated carbocycles. The summed E-state index contributed by atoms with van der Waals surface area (Å²) in [5.41, 5.74) is 0.345. The molecule has 118 valence electrons. The highest BCUT2D eigenvalue weighted by molar-refractivity contribution is 7.89. The topological polar surface area (TPSA) is 95.5 Å². The van der Waals surface area contributed by atoms with Gasteiger partial charge >= 0.3 is 0 Å². The van der Waals surface area contributed by atoms with Crippen LogP contribution in [0.15, 0.2) is 29.2 Å². The molecule has 2 atom stereocenters. The van der Waals surface area contributed by atoms with Crippen LogP contribution in [-0.4, -0.2) is 38.1 Å². The fraction of sp³-hybridized carbons (Fsp3) is 0.500. The lowest BCUT2D eigenvalue weighted by Crippen LogP contribution is -2.35. The van der Waals surface area contributed by atoms with Crippen molar-refractivity contribution in [2.24, 2.45) is 0 Å². The van der Waals surface area contributed by atoms with Gasteiger partial charge in [0.05, 0.1) is 11.5 Å². The zero-order chi connectivity index (χ0) is 16.0. The van der Waals surface area contributed by atoms with Gasteiger partial charge < -0.3 is 10.4 Å². The first-order valence-corrected chi connectivity index (χ1v) is 8.32. The van der Waals surface area contributed by atoms with Crippen LogP contribution >= 0.6 is 0 Å². The van der Waals surface area contributed by atoms with E-state index < -0.39 is 10.0 Å². The van der Waals surface area contributed by atoms with Crippen LogP contribution in [0.2, 0.25) is 0 Å². The number of carbonyl (C=O) groups excluding carboxylic acids is 1. The Bertz CT molecular complexity index is 569. The Morgan fingerprint density at radius 3 is 2.24 bits per heavy atom. The Morgan fingerprint density at radius 2 is 1.76 bits per heavy atom. The lowest BCUT2D eigenvalue weighted by molar-refractivity contribution is 0.0922. The number of aliphatic hydroxyl groups excluding tert-OH is 1. The van der Waals surface area contributed by atoms with E-state index in [0.29, 0.717) is 12.0 Å². The summed E-state index contributed by atoms with van der Waals surface area (Å²) in [7, 11) is -3.56. The zero-order valence-electron chi connectivity index (χ0n) is 12.5. The molecule has 1 rings (SSSR count). The second kappa shape index (κ2) is 7.53. The van der Waals surface area contributed by atoms with Crippen molar-refractivity contribution in [3.05, 3.63) is 29.8 Å². The van der Waals surface area contributed by atoms with Crippen molar-refractivity contribution >= 4 is 15.9 Å². The van der Waals surface area contributed by atoms with Crippen molar-refractivity contribution in [1.82, 2.24) is 10.0 Å². The van der Waals surface area contributed by atoms with E-state index in [1.54, 1.807) is 13.8 Å². The van der Waals surface area contributed by atoms with Gasteiger partial charge in [-0.05, 0) is 44.5 Å². The molecule has 0 aliphatic heterocycles. The molecule has 0 spiro atoms. The van der Waals surface area contributed by atoms with Crippen molar-refractivity contribution in [2.45, 2.75) is 44.2 Å². The Morgan fingerprint density at radius 1 is 1.19 bits per heavy atom. The normalized spacial score (nSPS) is 14.5. The lowest BCUT2D eigenvalue weighted by Gasteiger charge is -2.13. The summed E-state index contributed by atoms with van der Waals surface area (Å²) < 4.78 is 26.7.